The van der Waals surface area contributed by atoms with E-state index in [0.717, 1.165) is 29.0 Å². The summed E-state index contributed by atoms with van der Waals surface area (Å²) in [7, 11) is 0. The average Bonchev–Trinajstić information content (AvgIpc) is 3.00. The minimum absolute atomic E-state index is 0.823. The summed E-state index contributed by atoms with van der Waals surface area (Å²) in [5.41, 5.74) is 5.31. The van der Waals surface area contributed by atoms with Crippen LogP contribution in [0.2, 0.25) is 0 Å². The number of hydrogen-bond acceptors (Lipinski definition) is 2. The van der Waals surface area contributed by atoms with Gasteiger partial charge >= 0.3 is 0 Å². The molecule has 0 aliphatic heterocycles. The van der Waals surface area contributed by atoms with Gasteiger partial charge in [-0.25, -0.2) is 9.50 Å². The van der Waals surface area contributed by atoms with Crippen LogP contribution in [0.3, 0.4) is 0 Å². The maximum Gasteiger partial charge on any atom is 0.154 e. The maximum atomic E-state index is 4.76. The average molecular weight is 285 g/mol. The zero-order chi connectivity index (χ0) is 14.8. The lowest BCUT2D eigenvalue weighted by molar-refractivity contribution is 0.879. The third-order valence-electron chi connectivity index (χ3n) is 3.72. The van der Waals surface area contributed by atoms with Crippen molar-refractivity contribution in [2.45, 2.75) is 6.42 Å². The van der Waals surface area contributed by atoms with Crippen molar-refractivity contribution in [1.82, 2.24) is 14.6 Å². The van der Waals surface area contributed by atoms with Crippen LogP contribution < -0.4 is 0 Å². The first-order valence-electron chi connectivity index (χ1n) is 7.33. The molecule has 0 spiro atoms. The Morgan fingerprint density at radius 3 is 2.27 bits per heavy atom. The van der Waals surface area contributed by atoms with E-state index in [1.807, 2.05) is 47.1 Å². The molecule has 3 heteroatoms. The van der Waals surface area contributed by atoms with Gasteiger partial charge in [-0.15, -0.1) is 0 Å². The van der Waals surface area contributed by atoms with Crippen LogP contribution in [0.5, 0.6) is 0 Å². The standard InChI is InChI=1S/C19H15N3/c1-3-7-15(8-4-1)13-17-11-12-19-20-14-18(22(19)21-17)16-9-5-2-6-10-16/h1-12,14H,13H2. The summed E-state index contributed by atoms with van der Waals surface area (Å²) in [6.45, 7) is 0. The number of nitrogens with zero attached hydrogens (tertiary/aromatic N) is 3. The summed E-state index contributed by atoms with van der Waals surface area (Å²) in [5, 5.41) is 4.76. The normalized spacial score (nSPS) is 10.9. The summed E-state index contributed by atoms with van der Waals surface area (Å²) < 4.78 is 1.92. The predicted octanol–water partition coefficient (Wildman–Crippen LogP) is 3.99. The van der Waals surface area contributed by atoms with E-state index in [4.69, 9.17) is 5.10 Å². The number of benzene rings is 2. The van der Waals surface area contributed by atoms with Crippen molar-refractivity contribution in [3.05, 3.63) is 90.3 Å². The first kappa shape index (κ1) is 12.8. The molecule has 0 bridgehead atoms. The monoisotopic (exact) mass is 285 g/mol. The van der Waals surface area contributed by atoms with E-state index in [0.29, 0.717) is 0 Å². The Bertz CT molecular complexity index is 896. The van der Waals surface area contributed by atoms with Crippen LogP contribution in [0.1, 0.15) is 11.3 Å². The molecule has 0 amide bonds. The van der Waals surface area contributed by atoms with Crippen molar-refractivity contribution in [3.8, 4) is 11.3 Å². The first-order chi connectivity index (χ1) is 10.9. The molecule has 22 heavy (non-hydrogen) atoms. The molecule has 0 aliphatic carbocycles. The largest absolute Gasteiger partial charge is 0.235 e. The Kier molecular flexibility index (Phi) is 3.16. The van der Waals surface area contributed by atoms with Gasteiger partial charge in [-0.1, -0.05) is 60.7 Å². The van der Waals surface area contributed by atoms with Crippen molar-refractivity contribution in [2.24, 2.45) is 0 Å². The van der Waals surface area contributed by atoms with E-state index in [1.54, 1.807) is 0 Å². The smallest absolute Gasteiger partial charge is 0.154 e. The van der Waals surface area contributed by atoms with Crippen LogP contribution >= 0.6 is 0 Å². The van der Waals surface area contributed by atoms with E-state index < -0.39 is 0 Å². The number of imidazole rings is 1. The molecule has 2 aromatic heterocycles. The topological polar surface area (TPSA) is 30.2 Å². The summed E-state index contributed by atoms with van der Waals surface area (Å²) in [5.74, 6) is 0. The van der Waals surface area contributed by atoms with Gasteiger partial charge < -0.3 is 0 Å². The maximum absolute atomic E-state index is 4.76. The van der Waals surface area contributed by atoms with Crippen LogP contribution in [0, 0.1) is 0 Å². The SMILES string of the molecule is c1ccc(Cc2ccc3ncc(-c4ccccc4)n3n2)cc1. The van der Waals surface area contributed by atoms with Crippen LogP contribution in [-0.4, -0.2) is 14.6 Å². The molecular formula is C19H15N3. The van der Waals surface area contributed by atoms with E-state index >= 15 is 0 Å². The van der Waals surface area contributed by atoms with Gasteiger partial charge in [0.05, 0.1) is 17.6 Å². The molecule has 4 aromatic rings. The van der Waals surface area contributed by atoms with Gasteiger partial charge in [0.2, 0.25) is 0 Å². The molecule has 0 saturated heterocycles. The number of fused-ring (bicyclic) bond motifs is 1. The molecule has 106 valence electrons. The molecule has 4 rings (SSSR count). The highest BCUT2D eigenvalue weighted by Crippen LogP contribution is 2.20. The Morgan fingerprint density at radius 1 is 0.773 bits per heavy atom. The highest BCUT2D eigenvalue weighted by molar-refractivity contribution is 5.62. The molecule has 0 atom stereocenters. The molecule has 2 heterocycles. The third kappa shape index (κ3) is 2.37. The Hall–Kier alpha value is -2.94. The number of rotatable bonds is 3. The summed E-state index contributed by atoms with van der Waals surface area (Å²) in [6.07, 6.45) is 2.70. The van der Waals surface area contributed by atoms with Gasteiger partial charge in [0.15, 0.2) is 5.65 Å². The van der Waals surface area contributed by atoms with Crippen molar-refractivity contribution in [2.75, 3.05) is 0 Å². The summed E-state index contributed by atoms with van der Waals surface area (Å²) in [6, 6.07) is 24.7. The van der Waals surface area contributed by atoms with Crippen LogP contribution in [0.4, 0.5) is 0 Å². The van der Waals surface area contributed by atoms with E-state index in [1.165, 1.54) is 5.56 Å². The van der Waals surface area contributed by atoms with Gasteiger partial charge in [0.1, 0.15) is 0 Å². The Morgan fingerprint density at radius 2 is 1.50 bits per heavy atom. The van der Waals surface area contributed by atoms with Crippen molar-refractivity contribution in [3.63, 3.8) is 0 Å². The third-order valence-corrected chi connectivity index (χ3v) is 3.72. The Labute approximate surface area is 128 Å². The lowest BCUT2D eigenvalue weighted by Gasteiger charge is -2.04. The first-order valence-corrected chi connectivity index (χ1v) is 7.33. The quantitative estimate of drug-likeness (QED) is 0.570. The molecule has 0 saturated carbocycles. The molecule has 2 aromatic carbocycles. The number of hydrogen-bond donors (Lipinski definition) is 0. The van der Waals surface area contributed by atoms with Gasteiger partial charge in [-0.2, -0.15) is 5.10 Å². The molecule has 0 unspecified atom stereocenters. The molecule has 0 aliphatic rings. The molecule has 0 fully saturated rings. The zero-order valence-electron chi connectivity index (χ0n) is 12.1. The van der Waals surface area contributed by atoms with E-state index in [-0.39, 0.29) is 0 Å². The minimum Gasteiger partial charge on any atom is -0.235 e. The van der Waals surface area contributed by atoms with Gasteiger partial charge in [0, 0.05) is 12.0 Å². The zero-order valence-corrected chi connectivity index (χ0v) is 12.1. The highest BCUT2D eigenvalue weighted by atomic mass is 15.3. The molecule has 0 N–H and O–H groups in total. The van der Waals surface area contributed by atoms with Crippen molar-refractivity contribution < 1.29 is 0 Å². The second-order valence-corrected chi connectivity index (χ2v) is 5.27. The second kappa shape index (κ2) is 5.45. The van der Waals surface area contributed by atoms with E-state index in [2.05, 4.69) is 41.4 Å². The molecular weight excluding hydrogens is 270 g/mol. The fourth-order valence-electron chi connectivity index (χ4n) is 2.62. The lowest BCUT2D eigenvalue weighted by atomic mass is 10.1. The summed E-state index contributed by atoms with van der Waals surface area (Å²) in [4.78, 5) is 4.44. The lowest BCUT2D eigenvalue weighted by Crippen LogP contribution is -2.00. The highest BCUT2D eigenvalue weighted by Gasteiger charge is 2.07. The molecule has 3 nitrogen and oxygen atoms in total. The fourth-order valence-corrected chi connectivity index (χ4v) is 2.62. The van der Waals surface area contributed by atoms with Crippen LogP contribution in [0.15, 0.2) is 79.0 Å². The molecule has 0 radical (unpaired) electrons. The van der Waals surface area contributed by atoms with Crippen molar-refractivity contribution in [1.29, 1.82) is 0 Å². The van der Waals surface area contributed by atoms with Gasteiger partial charge in [-0.3, -0.25) is 0 Å². The second-order valence-electron chi connectivity index (χ2n) is 5.27. The summed E-state index contributed by atoms with van der Waals surface area (Å²) >= 11 is 0. The van der Waals surface area contributed by atoms with Crippen LogP contribution in [-0.2, 0) is 6.42 Å². The van der Waals surface area contributed by atoms with Gasteiger partial charge in [0.25, 0.3) is 0 Å². The number of aromatic nitrogens is 3. The van der Waals surface area contributed by atoms with Crippen molar-refractivity contribution >= 4 is 5.65 Å². The predicted molar refractivity (Wildman–Crippen MR) is 87.7 cm³/mol. The van der Waals surface area contributed by atoms with Crippen LogP contribution in [0.25, 0.3) is 16.9 Å². The fraction of sp³-hybridized carbons (Fsp3) is 0.0526. The van der Waals surface area contributed by atoms with E-state index in [9.17, 15) is 0 Å². The minimum atomic E-state index is 0.823. The van der Waals surface area contributed by atoms with Gasteiger partial charge in [-0.05, 0) is 17.7 Å². The Balaban J connectivity index is 1.77.